The average molecular weight is 258 g/mol. The molecule has 1 aromatic carbocycles. The molecule has 0 unspecified atom stereocenters. The Morgan fingerprint density at radius 1 is 1.22 bits per heavy atom. The van der Waals surface area contributed by atoms with Crippen molar-refractivity contribution >= 4 is 17.2 Å². The van der Waals surface area contributed by atoms with E-state index in [2.05, 4.69) is 29.1 Å². The van der Waals surface area contributed by atoms with Crippen LogP contribution < -0.4 is 0 Å². The smallest absolute Gasteiger partial charge is 0.174 e. The molecule has 0 spiro atoms. The number of hydrogen-bond acceptors (Lipinski definition) is 2. The van der Waals surface area contributed by atoms with Gasteiger partial charge in [0.2, 0.25) is 0 Å². The van der Waals surface area contributed by atoms with E-state index in [1.807, 2.05) is 24.4 Å². The molecule has 0 saturated heterocycles. The molecule has 0 bridgehead atoms. The molecule has 0 N–H and O–H groups in total. The molecule has 0 aliphatic carbocycles. The average Bonchev–Trinajstić information content (AvgIpc) is 2.79. The van der Waals surface area contributed by atoms with Gasteiger partial charge in [-0.3, -0.25) is 0 Å². The molecule has 0 aliphatic heterocycles. The highest BCUT2D eigenvalue weighted by Gasteiger charge is 2.10. The predicted octanol–water partition coefficient (Wildman–Crippen LogP) is 3.61. The first kappa shape index (κ1) is 11.2. The summed E-state index contributed by atoms with van der Waals surface area (Å²) in [5, 5.41) is 4.76. The van der Waals surface area contributed by atoms with Crippen molar-refractivity contribution in [2.45, 2.75) is 13.3 Å². The predicted molar refractivity (Wildman–Crippen MR) is 72.8 cm³/mol. The zero-order valence-corrected chi connectivity index (χ0v) is 10.7. The maximum Gasteiger partial charge on any atom is 0.174 e. The lowest BCUT2D eigenvalue weighted by Gasteiger charge is -2.08. The highest BCUT2D eigenvalue weighted by molar-refractivity contribution is 6.33. The number of halogens is 1. The lowest BCUT2D eigenvalue weighted by Crippen LogP contribution is -1.98. The van der Waals surface area contributed by atoms with Gasteiger partial charge in [0, 0.05) is 11.8 Å². The summed E-state index contributed by atoms with van der Waals surface area (Å²) in [7, 11) is 0. The number of aryl methyl sites for hydroxylation is 1. The Morgan fingerprint density at radius 2 is 2.00 bits per heavy atom. The second-order valence-corrected chi connectivity index (χ2v) is 4.50. The molecule has 3 rings (SSSR count). The second kappa shape index (κ2) is 4.42. The Labute approximate surface area is 110 Å². The van der Waals surface area contributed by atoms with Crippen molar-refractivity contribution in [2.75, 3.05) is 0 Å². The Morgan fingerprint density at radius 3 is 2.72 bits per heavy atom. The third kappa shape index (κ3) is 1.77. The molecule has 0 radical (unpaired) electrons. The van der Waals surface area contributed by atoms with E-state index >= 15 is 0 Å². The lowest BCUT2D eigenvalue weighted by molar-refractivity contribution is 0.913. The van der Waals surface area contributed by atoms with Crippen molar-refractivity contribution < 1.29 is 0 Å². The van der Waals surface area contributed by atoms with E-state index < -0.39 is 0 Å². The Hall–Kier alpha value is -1.87. The van der Waals surface area contributed by atoms with E-state index in [0.29, 0.717) is 10.7 Å². The van der Waals surface area contributed by atoms with Gasteiger partial charge in [-0.05, 0) is 12.0 Å². The van der Waals surface area contributed by atoms with Crippen molar-refractivity contribution in [3.8, 4) is 11.3 Å². The van der Waals surface area contributed by atoms with Gasteiger partial charge in [0.05, 0.1) is 11.9 Å². The van der Waals surface area contributed by atoms with Crippen molar-refractivity contribution in [3.63, 3.8) is 0 Å². The highest BCUT2D eigenvalue weighted by Crippen LogP contribution is 2.25. The van der Waals surface area contributed by atoms with Gasteiger partial charge >= 0.3 is 0 Å². The topological polar surface area (TPSA) is 30.2 Å². The van der Waals surface area contributed by atoms with Gasteiger partial charge in [0.25, 0.3) is 0 Å². The van der Waals surface area contributed by atoms with Crippen molar-refractivity contribution in [2.24, 2.45) is 0 Å². The first-order valence-corrected chi connectivity index (χ1v) is 6.25. The lowest BCUT2D eigenvalue weighted by atomic mass is 10.1. The SMILES string of the molecule is CCc1cn2ncc(Cl)c2nc1-c1ccccc1. The van der Waals surface area contributed by atoms with Crippen LogP contribution in [-0.2, 0) is 6.42 Å². The number of nitrogens with zero attached hydrogens (tertiary/aromatic N) is 3. The highest BCUT2D eigenvalue weighted by atomic mass is 35.5. The Balaban J connectivity index is 2.29. The maximum atomic E-state index is 6.08. The normalized spacial score (nSPS) is 11.0. The van der Waals surface area contributed by atoms with Crippen LogP contribution in [0.2, 0.25) is 5.02 Å². The molecule has 90 valence electrons. The summed E-state index contributed by atoms with van der Waals surface area (Å²) in [6.45, 7) is 2.11. The number of benzene rings is 1. The first-order chi connectivity index (χ1) is 8.79. The van der Waals surface area contributed by atoms with Gasteiger partial charge < -0.3 is 0 Å². The molecule has 4 heteroatoms. The van der Waals surface area contributed by atoms with Crippen LogP contribution in [0.25, 0.3) is 16.9 Å². The number of hydrogen-bond donors (Lipinski definition) is 0. The largest absolute Gasteiger partial charge is 0.227 e. The van der Waals surface area contributed by atoms with Crippen LogP contribution in [0.15, 0.2) is 42.7 Å². The quantitative estimate of drug-likeness (QED) is 0.702. The van der Waals surface area contributed by atoms with Crippen LogP contribution >= 0.6 is 11.6 Å². The van der Waals surface area contributed by atoms with Crippen LogP contribution in [0.5, 0.6) is 0 Å². The molecule has 0 saturated carbocycles. The summed E-state index contributed by atoms with van der Waals surface area (Å²) in [4.78, 5) is 4.64. The van der Waals surface area contributed by atoms with E-state index in [9.17, 15) is 0 Å². The van der Waals surface area contributed by atoms with Crippen LogP contribution in [0.1, 0.15) is 12.5 Å². The summed E-state index contributed by atoms with van der Waals surface area (Å²) < 4.78 is 1.73. The summed E-state index contributed by atoms with van der Waals surface area (Å²) in [5.41, 5.74) is 3.95. The van der Waals surface area contributed by atoms with Crippen LogP contribution in [0, 0.1) is 0 Å². The molecule has 18 heavy (non-hydrogen) atoms. The third-order valence-electron chi connectivity index (χ3n) is 2.95. The van der Waals surface area contributed by atoms with Gasteiger partial charge in [-0.15, -0.1) is 0 Å². The minimum Gasteiger partial charge on any atom is -0.227 e. The van der Waals surface area contributed by atoms with E-state index in [1.54, 1.807) is 10.7 Å². The van der Waals surface area contributed by atoms with E-state index in [1.165, 1.54) is 0 Å². The van der Waals surface area contributed by atoms with Gasteiger partial charge in [-0.2, -0.15) is 5.10 Å². The van der Waals surface area contributed by atoms with Gasteiger partial charge in [0.1, 0.15) is 5.02 Å². The Bertz CT molecular complexity index is 689. The maximum absolute atomic E-state index is 6.08. The summed E-state index contributed by atoms with van der Waals surface area (Å²) in [6.07, 6.45) is 4.53. The molecule has 2 aromatic heterocycles. The first-order valence-electron chi connectivity index (χ1n) is 5.87. The van der Waals surface area contributed by atoms with Gasteiger partial charge in [-0.1, -0.05) is 48.9 Å². The van der Waals surface area contributed by atoms with Gasteiger partial charge in [-0.25, -0.2) is 9.50 Å². The zero-order chi connectivity index (χ0) is 12.5. The van der Waals surface area contributed by atoms with Crippen LogP contribution in [0.3, 0.4) is 0 Å². The number of fused-ring (bicyclic) bond motifs is 1. The molecule has 2 heterocycles. The number of aromatic nitrogens is 3. The van der Waals surface area contributed by atoms with Gasteiger partial charge in [0.15, 0.2) is 5.65 Å². The van der Waals surface area contributed by atoms with E-state index in [-0.39, 0.29) is 0 Å². The summed E-state index contributed by atoms with van der Waals surface area (Å²) >= 11 is 6.08. The molecule has 0 atom stereocenters. The summed E-state index contributed by atoms with van der Waals surface area (Å²) in [5.74, 6) is 0. The summed E-state index contributed by atoms with van der Waals surface area (Å²) in [6, 6.07) is 10.1. The van der Waals surface area contributed by atoms with Crippen molar-refractivity contribution in [1.29, 1.82) is 0 Å². The monoisotopic (exact) mass is 257 g/mol. The molecular formula is C14H12ClN3. The number of rotatable bonds is 2. The van der Waals surface area contributed by atoms with E-state index in [0.717, 1.165) is 23.2 Å². The fraction of sp³-hybridized carbons (Fsp3) is 0.143. The molecule has 3 nitrogen and oxygen atoms in total. The van der Waals surface area contributed by atoms with Crippen LogP contribution in [-0.4, -0.2) is 14.6 Å². The third-order valence-corrected chi connectivity index (χ3v) is 3.22. The standard InChI is InChI=1S/C14H12ClN3/c1-2-10-9-18-14(12(15)8-16-18)17-13(10)11-6-4-3-5-7-11/h3-9H,2H2,1H3. The molecule has 0 fully saturated rings. The second-order valence-electron chi connectivity index (χ2n) is 4.10. The molecular weight excluding hydrogens is 246 g/mol. The minimum absolute atomic E-state index is 0.579. The van der Waals surface area contributed by atoms with Crippen LogP contribution in [0.4, 0.5) is 0 Å². The zero-order valence-electron chi connectivity index (χ0n) is 9.97. The molecule has 0 aliphatic rings. The molecule has 0 amide bonds. The van der Waals surface area contributed by atoms with E-state index in [4.69, 9.17) is 11.6 Å². The minimum atomic E-state index is 0.579. The molecule has 3 aromatic rings. The Kier molecular flexibility index (Phi) is 2.76. The van der Waals surface area contributed by atoms with Crippen molar-refractivity contribution in [3.05, 3.63) is 53.3 Å². The fourth-order valence-corrected chi connectivity index (χ4v) is 2.20. The fourth-order valence-electron chi connectivity index (χ4n) is 2.03. The van der Waals surface area contributed by atoms with Crippen molar-refractivity contribution in [1.82, 2.24) is 14.6 Å².